The van der Waals surface area contributed by atoms with Crippen molar-refractivity contribution in [3.05, 3.63) is 87.1 Å². The third kappa shape index (κ3) is 2.88. The Labute approximate surface area is 163 Å². The van der Waals surface area contributed by atoms with Crippen LogP contribution in [-0.4, -0.2) is 9.78 Å². The number of fused-ring (bicyclic) bond motifs is 1. The summed E-state index contributed by atoms with van der Waals surface area (Å²) >= 11 is 3.42. The Bertz CT molecular complexity index is 1090. The highest BCUT2D eigenvalue weighted by molar-refractivity contribution is 9.10. The summed E-state index contributed by atoms with van der Waals surface area (Å²) in [6.45, 7) is 1.85. The third-order valence-corrected chi connectivity index (χ3v) is 5.04. The van der Waals surface area contributed by atoms with Crippen LogP contribution in [0.1, 0.15) is 22.7 Å². The van der Waals surface area contributed by atoms with Gasteiger partial charge in [0.2, 0.25) is 11.8 Å². The van der Waals surface area contributed by atoms with Crippen LogP contribution in [0, 0.1) is 24.1 Å². The largest absolute Gasteiger partial charge is 0.422 e. The molecule has 5 nitrogen and oxygen atoms in total. The van der Waals surface area contributed by atoms with Gasteiger partial charge in [-0.3, -0.25) is 0 Å². The first-order chi connectivity index (χ1) is 13.0. The van der Waals surface area contributed by atoms with Crippen molar-refractivity contribution in [2.24, 2.45) is 5.73 Å². The summed E-state index contributed by atoms with van der Waals surface area (Å²) in [7, 11) is 0. The summed E-state index contributed by atoms with van der Waals surface area (Å²) < 4.78 is 21.8. The molecule has 2 heterocycles. The first-order valence-electron chi connectivity index (χ1n) is 8.18. The maximum Gasteiger partial charge on any atom is 0.229 e. The highest BCUT2D eigenvalue weighted by atomic mass is 79.9. The number of rotatable bonds is 2. The van der Waals surface area contributed by atoms with Crippen LogP contribution in [0.2, 0.25) is 0 Å². The first kappa shape index (κ1) is 17.3. The van der Waals surface area contributed by atoms with Gasteiger partial charge in [0.25, 0.3) is 0 Å². The number of benzene rings is 2. The van der Waals surface area contributed by atoms with Crippen molar-refractivity contribution in [2.75, 3.05) is 0 Å². The lowest BCUT2D eigenvalue weighted by Gasteiger charge is -2.24. The van der Waals surface area contributed by atoms with Crippen LogP contribution in [0.5, 0.6) is 5.88 Å². The topological polar surface area (TPSA) is 76.9 Å². The molecule has 2 N–H and O–H groups in total. The van der Waals surface area contributed by atoms with Gasteiger partial charge in [-0.2, -0.15) is 10.4 Å². The number of aromatic nitrogens is 2. The predicted molar refractivity (Wildman–Crippen MR) is 102 cm³/mol. The summed E-state index contributed by atoms with van der Waals surface area (Å²) in [5.41, 5.74) is 9.34. The van der Waals surface area contributed by atoms with Crippen LogP contribution >= 0.6 is 15.9 Å². The van der Waals surface area contributed by atoms with Gasteiger partial charge in [-0.15, -0.1) is 0 Å². The van der Waals surface area contributed by atoms with Crippen molar-refractivity contribution in [1.29, 1.82) is 5.26 Å². The van der Waals surface area contributed by atoms with E-state index in [1.165, 1.54) is 12.1 Å². The van der Waals surface area contributed by atoms with Crippen LogP contribution in [0.4, 0.5) is 4.39 Å². The quantitative estimate of drug-likeness (QED) is 0.664. The molecule has 27 heavy (non-hydrogen) atoms. The number of hydrogen-bond acceptors (Lipinski definition) is 4. The molecular weight excluding hydrogens is 411 g/mol. The van der Waals surface area contributed by atoms with E-state index in [0.29, 0.717) is 11.6 Å². The minimum Gasteiger partial charge on any atom is -0.422 e. The molecule has 1 aliphatic rings. The van der Waals surface area contributed by atoms with Crippen LogP contribution in [0.25, 0.3) is 5.69 Å². The lowest BCUT2D eigenvalue weighted by molar-refractivity contribution is 0.367. The van der Waals surface area contributed by atoms with Gasteiger partial charge in [-0.25, -0.2) is 9.07 Å². The molecule has 7 heteroatoms. The number of nitrogens with zero attached hydrogens (tertiary/aromatic N) is 3. The standard InChI is InChI=1S/C20H14BrFN4O/c1-11-17-18(12-2-6-14(22)7-3-12)16(10-23)19(24)27-20(17)26(25-11)15-8-4-13(21)5-9-15/h2-9,18H,24H2,1H3/t18-/m1/s1. The number of hydrogen-bond donors (Lipinski definition) is 1. The first-order valence-corrected chi connectivity index (χ1v) is 8.97. The molecule has 0 unspecified atom stereocenters. The number of nitrogens with two attached hydrogens (primary N) is 1. The summed E-state index contributed by atoms with van der Waals surface area (Å²) in [4.78, 5) is 0. The summed E-state index contributed by atoms with van der Waals surface area (Å²) in [6, 6.07) is 15.8. The zero-order valence-electron chi connectivity index (χ0n) is 14.3. The van der Waals surface area contributed by atoms with E-state index in [1.54, 1.807) is 16.8 Å². The normalized spacial score (nSPS) is 15.9. The molecule has 0 aliphatic carbocycles. The summed E-state index contributed by atoms with van der Waals surface area (Å²) in [5.74, 6) is -0.328. The molecule has 134 valence electrons. The number of aryl methyl sites for hydroxylation is 1. The number of halogens is 2. The van der Waals surface area contributed by atoms with Crippen molar-refractivity contribution in [3.8, 4) is 17.6 Å². The summed E-state index contributed by atoms with van der Waals surface area (Å²) in [6.07, 6.45) is 0. The molecule has 0 amide bonds. The molecule has 0 spiro atoms. The number of ether oxygens (including phenoxy) is 1. The molecule has 1 aliphatic heterocycles. The lowest BCUT2D eigenvalue weighted by Crippen LogP contribution is -2.22. The van der Waals surface area contributed by atoms with Crippen molar-refractivity contribution < 1.29 is 9.13 Å². The van der Waals surface area contributed by atoms with Gasteiger partial charge in [0, 0.05) is 4.47 Å². The van der Waals surface area contributed by atoms with Gasteiger partial charge in [-0.1, -0.05) is 28.1 Å². The SMILES string of the molecule is Cc1nn(-c2ccc(Br)cc2)c2c1[C@H](c1ccc(F)cc1)C(C#N)=C(N)O2. The minimum absolute atomic E-state index is 0.0255. The second-order valence-corrected chi connectivity index (χ2v) is 7.08. The zero-order chi connectivity index (χ0) is 19.1. The lowest BCUT2D eigenvalue weighted by atomic mass is 9.84. The van der Waals surface area contributed by atoms with E-state index in [1.807, 2.05) is 31.2 Å². The Balaban J connectivity index is 1.93. The van der Waals surface area contributed by atoms with Crippen LogP contribution in [0.3, 0.4) is 0 Å². The molecule has 4 rings (SSSR count). The van der Waals surface area contributed by atoms with Crippen LogP contribution in [0.15, 0.2) is 64.5 Å². The summed E-state index contributed by atoms with van der Waals surface area (Å²) in [5, 5.41) is 14.2. The third-order valence-electron chi connectivity index (χ3n) is 4.51. The monoisotopic (exact) mass is 424 g/mol. The molecule has 1 aromatic heterocycles. The average molecular weight is 425 g/mol. The van der Waals surface area contributed by atoms with Gasteiger partial charge in [0.15, 0.2) is 0 Å². The van der Waals surface area contributed by atoms with E-state index < -0.39 is 5.92 Å². The van der Waals surface area contributed by atoms with Gasteiger partial charge >= 0.3 is 0 Å². The Hall–Kier alpha value is -3.11. The highest BCUT2D eigenvalue weighted by Crippen LogP contribution is 2.44. The maximum absolute atomic E-state index is 13.4. The molecule has 3 aromatic rings. The van der Waals surface area contributed by atoms with Gasteiger partial charge in [0.05, 0.1) is 22.9 Å². The molecule has 2 aromatic carbocycles. The van der Waals surface area contributed by atoms with Crippen molar-refractivity contribution in [2.45, 2.75) is 12.8 Å². The predicted octanol–water partition coefficient (Wildman–Crippen LogP) is 4.30. The second kappa shape index (κ2) is 6.56. The Morgan fingerprint density at radius 2 is 1.85 bits per heavy atom. The van der Waals surface area contributed by atoms with Gasteiger partial charge in [0.1, 0.15) is 17.5 Å². The van der Waals surface area contributed by atoms with E-state index in [-0.39, 0.29) is 17.3 Å². The van der Waals surface area contributed by atoms with Crippen LogP contribution < -0.4 is 10.5 Å². The van der Waals surface area contributed by atoms with Crippen molar-refractivity contribution in [1.82, 2.24) is 9.78 Å². The molecule has 0 bridgehead atoms. The zero-order valence-corrected chi connectivity index (χ0v) is 15.9. The fraction of sp³-hybridized carbons (Fsp3) is 0.100. The Kier molecular flexibility index (Phi) is 4.21. The average Bonchev–Trinajstić information content (AvgIpc) is 2.98. The number of allylic oxidation sites excluding steroid dienone is 1. The molecule has 0 radical (unpaired) electrons. The molecule has 0 fully saturated rings. The number of nitriles is 1. The second-order valence-electron chi connectivity index (χ2n) is 6.17. The fourth-order valence-corrected chi connectivity index (χ4v) is 3.52. The smallest absolute Gasteiger partial charge is 0.229 e. The van der Waals surface area contributed by atoms with Crippen molar-refractivity contribution in [3.63, 3.8) is 0 Å². The molecule has 1 atom stereocenters. The van der Waals surface area contributed by atoms with Gasteiger partial charge < -0.3 is 10.5 Å². The molecule has 0 saturated heterocycles. The fourth-order valence-electron chi connectivity index (χ4n) is 3.26. The van der Waals surface area contributed by atoms with Crippen LogP contribution in [-0.2, 0) is 0 Å². The Morgan fingerprint density at radius 1 is 1.19 bits per heavy atom. The van der Waals surface area contributed by atoms with Crippen molar-refractivity contribution >= 4 is 15.9 Å². The van der Waals surface area contributed by atoms with E-state index in [9.17, 15) is 9.65 Å². The highest BCUT2D eigenvalue weighted by Gasteiger charge is 2.36. The van der Waals surface area contributed by atoms with E-state index >= 15 is 0 Å². The van der Waals surface area contributed by atoms with E-state index in [2.05, 4.69) is 27.1 Å². The van der Waals surface area contributed by atoms with Gasteiger partial charge in [-0.05, 0) is 48.9 Å². The minimum atomic E-state index is -0.469. The maximum atomic E-state index is 13.4. The molecule has 0 saturated carbocycles. The van der Waals surface area contributed by atoms with E-state index in [4.69, 9.17) is 10.5 Å². The molecular formula is C20H14BrFN4O. The Morgan fingerprint density at radius 3 is 2.48 bits per heavy atom. The van der Waals surface area contributed by atoms with E-state index in [0.717, 1.165) is 21.3 Å².